The van der Waals surface area contributed by atoms with Gasteiger partial charge in [0, 0.05) is 17.7 Å². The molecule has 0 heterocycles. The van der Waals surface area contributed by atoms with Crippen LogP contribution in [0, 0.1) is 0 Å². The Bertz CT molecular complexity index is 725. The summed E-state index contributed by atoms with van der Waals surface area (Å²) >= 11 is 0. The summed E-state index contributed by atoms with van der Waals surface area (Å²) in [6, 6.07) is 15.2. The second kappa shape index (κ2) is 7.35. The third-order valence-electron chi connectivity index (χ3n) is 3.44. The van der Waals surface area contributed by atoms with Crippen molar-refractivity contribution < 1.29 is 19.5 Å². The van der Waals surface area contributed by atoms with E-state index in [1.807, 2.05) is 0 Å². The molecule has 2 aromatic carbocycles. The first-order chi connectivity index (χ1) is 11.0. The van der Waals surface area contributed by atoms with Crippen LogP contribution in [0.1, 0.15) is 35.2 Å². The number of rotatable bonds is 6. The molecule has 0 aromatic heterocycles. The minimum atomic E-state index is -1.05. The molecule has 0 saturated heterocycles. The quantitative estimate of drug-likeness (QED) is 0.803. The molecule has 0 unspecified atom stereocenters. The van der Waals surface area contributed by atoms with E-state index in [1.54, 1.807) is 54.6 Å². The van der Waals surface area contributed by atoms with Crippen LogP contribution >= 0.6 is 0 Å². The number of Topliss-reactive ketones (excluding diaryl/α,β-unsaturated/α-hetero) is 1. The van der Waals surface area contributed by atoms with Crippen molar-refractivity contribution in [3.63, 3.8) is 0 Å². The molecule has 2 rings (SSSR count). The lowest BCUT2D eigenvalue weighted by Gasteiger charge is -2.13. The molecular formula is C18H17NO4. The van der Waals surface area contributed by atoms with Crippen molar-refractivity contribution in [3.8, 4) is 0 Å². The van der Waals surface area contributed by atoms with Crippen LogP contribution in [0.5, 0.6) is 0 Å². The summed E-state index contributed by atoms with van der Waals surface area (Å²) in [5.41, 5.74) is 1.54. The Labute approximate surface area is 134 Å². The molecule has 0 bridgehead atoms. The lowest BCUT2D eigenvalue weighted by Crippen LogP contribution is -2.21. The molecule has 118 valence electrons. The van der Waals surface area contributed by atoms with Gasteiger partial charge in [0.1, 0.15) is 0 Å². The number of carbonyl (C=O) groups excluding carboxylic acids is 2. The number of benzene rings is 2. The third kappa shape index (κ3) is 4.51. The van der Waals surface area contributed by atoms with Gasteiger partial charge in [0.2, 0.25) is 5.91 Å². The number of carbonyl (C=O) groups is 3. The van der Waals surface area contributed by atoms with Crippen molar-refractivity contribution >= 4 is 23.3 Å². The van der Waals surface area contributed by atoms with E-state index in [2.05, 4.69) is 5.32 Å². The number of aliphatic carboxylic acids is 1. The summed E-state index contributed by atoms with van der Waals surface area (Å²) in [5.74, 6) is -2.48. The molecule has 1 atom stereocenters. The molecule has 0 radical (unpaired) electrons. The van der Waals surface area contributed by atoms with E-state index < -0.39 is 17.8 Å². The van der Waals surface area contributed by atoms with Crippen molar-refractivity contribution in [3.05, 3.63) is 65.7 Å². The van der Waals surface area contributed by atoms with E-state index in [1.165, 1.54) is 6.92 Å². The predicted octanol–water partition coefficient (Wildman–Crippen LogP) is 3.09. The highest BCUT2D eigenvalue weighted by molar-refractivity contribution is 5.98. The van der Waals surface area contributed by atoms with Gasteiger partial charge in [-0.15, -0.1) is 0 Å². The average Bonchev–Trinajstić information content (AvgIpc) is 2.53. The van der Waals surface area contributed by atoms with E-state index in [-0.39, 0.29) is 12.2 Å². The van der Waals surface area contributed by atoms with Gasteiger partial charge in [-0.2, -0.15) is 0 Å². The van der Waals surface area contributed by atoms with Crippen LogP contribution in [-0.2, 0) is 9.59 Å². The molecule has 5 nitrogen and oxygen atoms in total. The Morgan fingerprint density at radius 2 is 1.74 bits per heavy atom. The molecule has 0 aliphatic rings. The molecule has 0 aliphatic carbocycles. The predicted molar refractivity (Wildman–Crippen MR) is 86.5 cm³/mol. The number of anilines is 1. The Kier molecular flexibility index (Phi) is 5.25. The summed E-state index contributed by atoms with van der Waals surface area (Å²) in [6.45, 7) is 1.44. The van der Waals surface area contributed by atoms with Crippen LogP contribution < -0.4 is 5.32 Å². The SMILES string of the molecule is CC(=O)c1cccc(NC(=O)C[C@@H](C(=O)O)c2ccccc2)c1. The van der Waals surface area contributed by atoms with E-state index in [4.69, 9.17) is 0 Å². The fourth-order valence-corrected chi connectivity index (χ4v) is 2.25. The van der Waals surface area contributed by atoms with Crippen molar-refractivity contribution in [2.75, 3.05) is 5.32 Å². The number of carboxylic acid groups (broad SMARTS) is 1. The van der Waals surface area contributed by atoms with Crippen molar-refractivity contribution in [2.45, 2.75) is 19.3 Å². The number of carboxylic acids is 1. The molecule has 0 spiro atoms. The zero-order valence-corrected chi connectivity index (χ0v) is 12.7. The van der Waals surface area contributed by atoms with Gasteiger partial charge < -0.3 is 10.4 Å². The Morgan fingerprint density at radius 3 is 2.35 bits per heavy atom. The van der Waals surface area contributed by atoms with Gasteiger partial charge in [0.25, 0.3) is 0 Å². The normalized spacial score (nSPS) is 11.5. The van der Waals surface area contributed by atoms with E-state index in [0.29, 0.717) is 16.8 Å². The summed E-state index contributed by atoms with van der Waals surface area (Å²) in [6.07, 6.45) is -0.177. The first-order valence-corrected chi connectivity index (χ1v) is 7.16. The standard InChI is InChI=1S/C18H17NO4/c1-12(20)14-8-5-9-15(10-14)19-17(21)11-16(18(22)23)13-6-3-2-4-7-13/h2-10,16H,11H2,1H3,(H,19,21)(H,22,23)/t16-/m1/s1. The molecule has 0 fully saturated rings. The monoisotopic (exact) mass is 311 g/mol. The van der Waals surface area contributed by atoms with Crippen LogP contribution in [0.4, 0.5) is 5.69 Å². The van der Waals surface area contributed by atoms with Gasteiger partial charge in [0.15, 0.2) is 5.78 Å². The Hall–Kier alpha value is -2.95. The molecular weight excluding hydrogens is 294 g/mol. The van der Waals surface area contributed by atoms with Gasteiger partial charge in [0.05, 0.1) is 5.92 Å². The Balaban J connectivity index is 2.10. The highest BCUT2D eigenvalue weighted by Crippen LogP contribution is 2.21. The third-order valence-corrected chi connectivity index (χ3v) is 3.44. The number of nitrogens with one attached hydrogen (secondary N) is 1. The highest BCUT2D eigenvalue weighted by atomic mass is 16.4. The number of hydrogen-bond donors (Lipinski definition) is 2. The van der Waals surface area contributed by atoms with Crippen LogP contribution in [0.25, 0.3) is 0 Å². The van der Waals surface area contributed by atoms with Gasteiger partial charge in [-0.1, -0.05) is 42.5 Å². The first kappa shape index (κ1) is 16.4. The molecule has 2 N–H and O–H groups in total. The molecule has 5 heteroatoms. The van der Waals surface area contributed by atoms with E-state index in [9.17, 15) is 19.5 Å². The molecule has 2 aromatic rings. The van der Waals surface area contributed by atoms with Crippen molar-refractivity contribution in [1.29, 1.82) is 0 Å². The minimum Gasteiger partial charge on any atom is -0.481 e. The molecule has 23 heavy (non-hydrogen) atoms. The van der Waals surface area contributed by atoms with Crippen LogP contribution in [-0.4, -0.2) is 22.8 Å². The maximum atomic E-state index is 12.1. The second-order valence-electron chi connectivity index (χ2n) is 5.19. The fourth-order valence-electron chi connectivity index (χ4n) is 2.25. The summed E-state index contributed by atoms with van der Waals surface area (Å²) < 4.78 is 0. The van der Waals surface area contributed by atoms with Gasteiger partial charge in [-0.3, -0.25) is 14.4 Å². The number of ketones is 1. The maximum Gasteiger partial charge on any atom is 0.311 e. The second-order valence-corrected chi connectivity index (χ2v) is 5.19. The fraction of sp³-hybridized carbons (Fsp3) is 0.167. The zero-order valence-electron chi connectivity index (χ0n) is 12.7. The van der Waals surface area contributed by atoms with Gasteiger partial charge >= 0.3 is 5.97 Å². The van der Waals surface area contributed by atoms with Crippen molar-refractivity contribution in [1.82, 2.24) is 0 Å². The lowest BCUT2D eigenvalue weighted by atomic mass is 9.95. The zero-order chi connectivity index (χ0) is 16.8. The number of hydrogen-bond acceptors (Lipinski definition) is 3. The smallest absolute Gasteiger partial charge is 0.311 e. The largest absolute Gasteiger partial charge is 0.481 e. The Morgan fingerprint density at radius 1 is 1.04 bits per heavy atom. The van der Waals surface area contributed by atoms with Crippen LogP contribution in [0.2, 0.25) is 0 Å². The topological polar surface area (TPSA) is 83.5 Å². The van der Waals surface area contributed by atoms with Crippen molar-refractivity contribution in [2.24, 2.45) is 0 Å². The summed E-state index contributed by atoms with van der Waals surface area (Å²) in [7, 11) is 0. The minimum absolute atomic E-state index is 0.103. The van der Waals surface area contributed by atoms with Crippen LogP contribution in [0.15, 0.2) is 54.6 Å². The average molecular weight is 311 g/mol. The molecule has 0 aliphatic heterocycles. The highest BCUT2D eigenvalue weighted by Gasteiger charge is 2.23. The lowest BCUT2D eigenvalue weighted by molar-refractivity contribution is -0.140. The van der Waals surface area contributed by atoms with Crippen LogP contribution in [0.3, 0.4) is 0 Å². The van der Waals surface area contributed by atoms with Gasteiger partial charge in [-0.05, 0) is 24.6 Å². The van der Waals surface area contributed by atoms with Gasteiger partial charge in [-0.25, -0.2) is 0 Å². The van der Waals surface area contributed by atoms with E-state index in [0.717, 1.165) is 0 Å². The summed E-state index contributed by atoms with van der Waals surface area (Å²) in [5, 5.41) is 12.0. The summed E-state index contributed by atoms with van der Waals surface area (Å²) in [4.78, 5) is 34.9. The first-order valence-electron chi connectivity index (χ1n) is 7.16. The van der Waals surface area contributed by atoms with E-state index >= 15 is 0 Å². The molecule has 0 saturated carbocycles. The maximum absolute atomic E-state index is 12.1. The number of amides is 1. The molecule has 1 amide bonds.